The summed E-state index contributed by atoms with van der Waals surface area (Å²) in [7, 11) is 1.71. The lowest BCUT2D eigenvalue weighted by Crippen LogP contribution is -2.31. The number of ketones is 1. The van der Waals surface area contributed by atoms with Crippen LogP contribution in [-0.2, 0) is 4.74 Å². The van der Waals surface area contributed by atoms with Crippen LogP contribution in [0.2, 0.25) is 0 Å². The van der Waals surface area contributed by atoms with E-state index in [-0.39, 0.29) is 23.4 Å². The van der Waals surface area contributed by atoms with Gasteiger partial charge in [-0.15, -0.1) is 0 Å². The molecule has 2 unspecified atom stereocenters. The molecule has 1 aromatic carbocycles. The summed E-state index contributed by atoms with van der Waals surface area (Å²) in [6.07, 6.45) is 1.26. The molecule has 0 bridgehead atoms. The predicted molar refractivity (Wildman–Crippen MR) is 71.7 cm³/mol. The van der Waals surface area contributed by atoms with E-state index in [9.17, 15) is 9.18 Å². The summed E-state index contributed by atoms with van der Waals surface area (Å²) < 4.78 is 18.9. The Morgan fingerprint density at radius 1 is 1.53 bits per heavy atom. The Morgan fingerprint density at radius 3 is 2.89 bits per heavy atom. The van der Waals surface area contributed by atoms with Crippen molar-refractivity contribution in [1.82, 2.24) is 4.90 Å². The molecule has 104 valence electrons. The standard InChI is InChI=1S/C15H20FNO2/c1-11(9-17-8-7-12(10-17)19-2)15(18)13-5-3-4-6-14(13)16/h3-6,11-12H,7-10H2,1-2H3. The number of hydrogen-bond donors (Lipinski definition) is 0. The predicted octanol–water partition coefficient (Wildman–Crippen LogP) is 2.37. The lowest BCUT2D eigenvalue weighted by atomic mass is 9.98. The first-order valence-electron chi connectivity index (χ1n) is 6.65. The fourth-order valence-corrected chi connectivity index (χ4v) is 2.55. The first-order chi connectivity index (χ1) is 9.11. The summed E-state index contributed by atoms with van der Waals surface area (Å²) in [5.74, 6) is -0.762. The van der Waals surface area contributed by atoms with Crippen molar-refractivity contribution in [2.24, 2.45) is 5.92 Å². The topological polar surface area (TPSA) is 29.5 Å². The summed E-state index contributed by atoms with van der Waals surface area (Å²) >= 11 is 0. The molecule has 1 aromatic rings. The number of benzene rings is 1. The van der Waals surface area contributed by atoms with Crippen LogP contribution in [0.3, 0.4) is 0 Å². The zero-order valence-corrected chi connectivity index (χ0v) is 11.4. The van der Waals surface area contributed by atoms with Crippen LogP contribution in [0.5, 0.6) is 0 Å². The first-order valence-corrected chi connectivity index (χ1v) is 6.65. The minimum atomic E-state index is -0.435. The lowest BCUT2D eigenvalue weighted by Gasteiger charge is -2.20. The Kier molecular flexibility index (Phi) is 4.66. The highest BCUT2D eigenvalue weighted by Gasteiger charge is 2.26. The Labute approximate surface area is 113 Å². The van der Waals surface area contributed by atoms with E-state index in [1.807, 2.05) is 6.92 Å². The smallest absolute Gasteiger partial charge is 0.169 e. The van der Waals surface area contributed by atoms with Crippen molar-refractivity contribution in [2.75, 3.05) is 26.7 Å². The van der Waals surface area contributed by atoms with E-state index < -0.39 is 5.82 Å². The van der Waals surface area contributed by atoms with Gasteiger partial charge in [0.1, 0.15) is 5.82 Å². The molecule has 0 saturated carbocycles. The molecule has 1 heterocycles. The van der Waals surface area contributed by atoms with Gasteiger partial charge >= 0.3 is 0 Å². The number of halogens is 1. The van der Waals surface area contributed by atoms with Crippen molar-refractivity contribution in [3.05, 3.63) is 35.6 Å². The monoisotopic (exact) mass is 265 g/mol. The van der Waals surface area contributed by atoms with Gasteiger partial charge in [0.15, 0.2) is 5.78 Å². The second-order valence-corrected chi connectivity index (χ2v) is 5.15. The normalized spacial score (nSPS) is 21.5. The van der Waals surface area contributed by atoms with Crippen LogP contribution in [0.1, 0.15) is 23.7 Å². The third-order valence-corrected chi connectivity index (χ3v) is 3.68. The molecular formula is C15H20FNO2. The van der Waals surface area contributed by atoms with Crippen LogP contribution < -0.4 is 0 Å². The van der Waals surface area contributed by atoms with Gasteiger partial charge in [-0.2, -0.15) is 0 Å². The van der Waals surface area contributed by atoms with Crippen molar-refractivity contribution in [2.45, 2.75) is 19.4 Å². The minimum absolute atomic E-state index is 0.126. The minimum Gasteiger partial charge on any atom is -0.380 e. The molecule has 1 fully saturated rings. The number of hydrogen-bond acceptors (Lipinski definition) is 3. The fraction of sp³-hybridized carbons (Fsp3) is 0.533. The maximum atomic E-state index is 13.6. The molecule has 19 heavy (non-hydrogen) atoms. The first kappa shape index (κ1) is 14.2. The Hall–Kier alpha value is -1.26. The van der Waals surface area contributed by atoms with E-state index in [0.29, 0.717) is 6.54 Å². The van der Waals surface area contributed by atoms with Crippen LogP contribution in [0.25, 0.3) is 0 Å². The molecule has 0 N–H and O–H groups in total. The van der Waals surface area contributed by atoms with Crippen molar-refractivity contribution in [3.63, 3.8) is 0 Å². The molecule has 3 nitrogen and oxygen atoms in total. The van der Waals surface area contributed by atoms with E-state index >= 15 is 0 Å². The molecule has 1 aliphatic heterocycles. The van der Waals surface area contributed by atoms with Crippen molar-refractivity contribution in [3.8, 4) is 0 Å². The van der Waals surface area contributed by atoms with Gasteiger partial charge < -0.3 is 4.74 Å². The molecule has 4 heteroatoms. The molecule has 0 spiro atoms. The summed E-state index contributed by atoms with van der Waals surface area (Å²) in [4.78, 5) is 14.4. The molecular weight excluding hydrogens is 245 g/mol. The van der Waals surface area contributed by atoms with E-state index in [0.717, 1.165) is 19.5 Å². The SMILES string of the molecule is COC1CCN(CC(C)C(=O)c2ccccc2F)C1. The molecule has 0 aromatic heterocycles. The summed E-state index contributed by atoms with van der Waals surface area (Å²) in [5.41, 5.74) is 0.192. The highest BCUT2D eigenvalue weighted by Crippen LogP contribution is 2.17. The maximum absolute atomic E-state index is 13.6. The molecule has 0 aliphatic carbocycles. The molecule has 0 radical (unpaired) electrons. The van der Waals surface area contributed by atoms with E-state index in [1.54, 1.807) is 25.3 Å². The van der Waals surface area contributed by atoms with Crippen LogP contribution in [0, 0.1) is 11.7 Å². The van der Waals surface area contributed by atoms with Crippen molar-refractivity contribution in [1.29, 1.82) is 0 Å². The lowest BCUT2D eigenvalue weighted by molar-refractivity contribution is 0.0867. The van der Waals surface area contributed by atoms with Crippen LogP contribution in [0.4, 0.5) is 4.39 Å². The number of carbonyl (C=O) groups is 1. The molecule has 1 aliphatic rings. The average molecular weight is 265 g/mol. The summed E-state index contributed by atoms with van der Waals surface area (Å²) in [6, 6.07) is 6.17. The molecule has 2 rings (SSSR count). The Balaban J connectivity index is 1.95. The van der Waals surface area contributed by atoms with Gasteiger partial charge in [0.05, 0.1) is 11.7 Å². The van der Waals surface area contributed by atoms with Gasteiger partial charge in [-0.25, -0.2) is 4.39 Å². The average Bonchev–Trinajstić information content (AvgIpc) is 2.86. The van der Waals surface area contributed by atoms with E-state index in [4.69, 9.17) is 4.74 Å². The number of carbonyl (C=O) groups excluding carboxylic acids is 1. The van der Waals surface area contributed by atoms with E-state index in [1.165, 1.54) is 6.07 Å². The van der Waals surface area contributed by atoms with Gasteiger partial charge in [-0.1, -0.05) is 19.1 Å². The van der Waals surface area contributed by atoms with Crippen molar-refractivity contribution < 1.29 is 13.9 Å². The number of nitrogens with zero attached hydrogens (tertiary/aromatic N) is 1. The van der Waals surface area contributed by atoms with Crippen LogP contribution >= 0.6 is 0 Å². The molecule has 0 amide bonds. The Bertz CT molecular complexity index is 450. The second kappa shape index (κ2) is 6.26. The second-order valence-electron chi connectivity index (χ2n) is 5.15. The van der Waals surface area contributed by atoms with Gasteiger partial charge in [0.25, 0.3) is 0 Å². The largest absolute Gasteiger partial charge is 0.380 e. The maximum Gasteiger partial charge on any atom is 0.169 e. The number of methoxy groups -OCH3 is 1. The zero-order chi connectivity index (χ0) is 13.8. The van der Waals surface area contributed by atoms with Crippen LogP contribution in [-0.4, -0.2) is 43.5 Å². The number of Topliss-reactive ketones (excluding diaryl/α,β-unsaturated/α-hetero) is 1. The zero-order valence-electron chi connectivity index (χ0n) is 11.4. The number of ether oxygens (including phenoxy) is 1. The van der Waals surface area contributed by atoms with Gasteiger partial charge in [0, 0.05) is 32.7 Å². The third-order valence-electron chi connectivity index (χ3n) is 3.68. The van der Waals surface area contributed by atoms with Crippen molar-refractivity contribution >= 4 is 5.78 Å². The van der Waals surface area contributed by atoms with Crippen LogP contribution in [0.15, 0.2) is 24.3 Å². The van der Waals surface area contributed by atoms with Gasteiger partial charge in [-0.3, -0.25) is 9.69 Å². The number of rotatable bonds is 5. The quantitative estimate of drug-likeness (QED) is 0.765. The third kappa shape index (κ3) is 3.39. The number of likely N-dealkylation sites (tertiary alicyclic amines) is 1. The molecule has 2 atom stereocenters. The van der Waals surface area contributed by atoms with Gasteiger partial charge in [0.2, 0.25) is 0 Å². The van der Waals surface area contributed by atoms with E-state index in [2.05, 4.69) is 4.90 Å². The fourth-order valence-electron chi connectivity index (χ4n) is 2.55. The summed E-state index contributed by atoms with van der Waals surface area (Å²) in [5, 5.41) is 0. The summed E-state index contributed by atoms with van der Waals surface area (Å²) in [6.45, 7) is 4.31. The van der Waals surface area contributed by atoms with Gasteiger partial charge in [-0.05, 0) is 18.6 Å². The highest BCUT2D eigenvalue weighted by atomic mass is 19.1. The highest BCUT2D eigenvalue weighted by molar-refractivity contribution is 5.98. The molecule has 1 saturated heterocycles. The Morgan fingerprint density at radius 2 is 2.26 bits per heavy atom.